The van der Waals surface area contributed by atoms with Crippen molar-refractivity contribution < 1.29 is 19.1 Å². The van der Waals surface area contributed by atoms with E-state index in [2.05, 4.69) is 4.99 Å². The summed E-state index contributed by atoms with van der Waals surface area (Å²) in [4.78, 5) is 23.9. The quantitative estimate of drug-likeness (QED) is 0.564. The number of rotatable bonds is 4. The molecule has 0 bridgehead atoms. The third-order valence-electron chi connectivity index (χ3n) is 1.97. The maximum Gasteiger partial charge on any atom is 0.260 e. The number of benzene rings is 1. The van der Waals surface area contributed by atoms with Gasteiger partial charge in [-0.15, -0.1) is 4.99 Å². The zero-order chi connectivity index (χ0) is 12.0. The first kappa shape index (κ1) is 11.9. The van der Waals surface area contributed by atoms with Crippen LogP contribution in [0.3, 0.4) is 0 Å². The molecule has 0 atom stereocenters. The van der Waals surface area contributed by atoms with E-state index in [1.165, 1.54) is 20.3 Å². The Labute approximate surface area is 92.7 Å². The third-order valence-corrected chi connectivity index (χ3v) is 1.97. The summed E-state index contributed by atoms with van der Waals surface area (Å²) in [6.07, 6.45) is 1.25. The minimum Gasteiger partial charge on any atom is -0.493 e. The van der Waals surface area contributed by atoms with Crippen molar-refractivity contribution in [2.75, 3.05) is 14.2 Å². The fourth-order valence-corrected chi connectivity index (χ4v) is 1.26. The Morgan fingerprint density at radius 1 is 1.31 bits per heavy atom. The predicted molar refractivity (Wildman–Crippen MR) is 56.4 cm³/mol. The highest BCUT2D eigenvalue weighted by atomic mass is 16.5. The maximum absolute atomic E-state index is 11.1. The first-order chi connectivity index (χ1) is 7.71. The Kier molecular flexibility index (Phi) is 4.24. The van der Waals surface area contributed by atoms with Gasteiger partial charge >= 0.3 is 0 Å². The second kappa shape index (κ2) is 5.68. The maximum atomic E-state index is 11.1. The molecule has 0 unspecified atom stereocenters. The fourth-order valence-electron chi connectivity index (χ4n) is 1.26. The van der Waals surface area contributed by atoms with Crippen molar-refractivity contribution >= 4 is 12.0 Å². The van der Waals surface area contributed by atoms with E-state index in [0.717, 1.165) is 0 Å². The standard InChI is InChI=1S/C11H11NO4/c1-15-9-4-3-8(5-10(9)16-2)6-11(14)12-7-13/h3-5H,6H2,1-2H3. The molecule has 0 spiro atoms. The number of amides is 1. The van der Waals surface area contributed by atoms with Gasteiger partial charge in [-0.1, -0.05) is 6.07 Å². The lowest BCUT2D eigenvalue weighted by atomic mass is 10.1. The lowest BCUT2D eigenvalue weighted by Gasteiger charge is -2.08. The number of carbonyl (C=O) groups is 1. The van der Waals surface area contributed by atoms with Gasteiger partial charge in [-0.2, -0.15) is 0 Å². The SMILES string of the molecule is COc1ccc(CC(=O)N=C=O)cc1OC. The Balaban J connectivity index is 2.90. The predicted octanol–water partition coefficient (Wildman–Crippen LogP) is 1.11. The topological polar surface area (TPSA) is 65.0 Å². The van der Waals surface area contributed by atoms with Crippen molar-refractivity contribution in [3.8, 4) is 11.5 Å². The summed E-state index contributed by atoms with van der Waals surface area (Å²) in [5, 5.41) is 0. The van der Waals surface area contributed by atoms with Crippen LogP contribution in [0.25, 0.3) is 0 Å². The number of nitrogens with zero attached hydrogens (tertiary/aromatic N) is 1. The minimum absolute atomic E-state index is 0.0373. The van der Waals surface area contributed by atoms with Gasteiger partial charge in [0.25, 0.3) is 5.91 Å². The lowest BCUT2D eigenvalue weighted by molar-refractivity contribution is -0.117. The van der Waals surface area contributed by atoms with Crippen LogP contribution in [-0.4, -0.2) is 26.2 Å². The summed E-state index contributed by atoms with van der Waals surface area (Å²) in [5.74, 6) is 0.572. The molecule has 0 aliphatic rings. The molecule has 0 aliphatic carbocycles. The summed E-state index contributed by atoms with van der Waals surface area (Å²) in [7, 11) is 3.03. The summed E-state index contributed by atoms with van der Waals surface area (Å²) in [6.45, 7) is 0. The molecule has 0 heterocycles. The molecule has 16 heavy (non-hydrogen) atoms. The van der Waals surface area contributed by atoms with E-state index in [1.54, 1.807) is 18.2 Å². The zero-order valence-corrected chi connectivity index (χ0v) is 9.02. The third kappa shape index (κ3) is 2.93. The van der Waals surface area contributed by atoms with Crippen LogP contribution in [0.15, 0.2) is 23.2 Å². The lowest BCUT2D eigenvalue weighted by Crippen LogP contribution is -1.99. The van der Waals surface area contributed by atoms with Crippen molar-refractivity contribution in [2.45, 2.75) is 6.42 Å². The number of hydrogen-bond donors (Lipinski definition) is 0. The van der Waals surface area contributed by atoms with Crippen molar-refractivity contribution in [1.82, 2.24) is 0 Å². The molecule has 1 rings (SSSR count). The van der Waals surface area contributed by atoms with Crippen molar-refractivity contribution in [1.29, 1.82) is 0 Å². The minimum atomic E-state index is -0.540. The van der Waals surface area contributed by atoms with Crippen LogP contribution in [0.2, 0.25) is 0 Å². The van der Waals surface area contributed by atoms with E-state index in [-0.39, 0.29) is 6.42 Å². The average molecular weight is 221 g/mol. The van der Waals surface area contributed by atoms with E-state index >= 15 is 0 Å². The van der Waals surface area contributed by atoms with Crippen LogP contribution >= 0.6 is 0 Å². The molecule has 84 valence electrons. The number of hydrogen-bond acceptors (Lipinski definition) is 4. The Morgan fingerprint density at radius 3 is 2.56 bits per heavy atom. The molecule has 1 amide bonds. The zero-order valence-electron chi connectivity index (χ0n) is 9.02. The fraction of sp³-hybridized carbons (Fsp3) is 0.273. The average Bonchev–Trinajstić information content (AvgIpc) is 2.29. The smallest absolute Gasteiger partial charge is 0.260 e. The van der Waals surface area contributed by atoms with E-state index in [1.807, 2.05) is 0 Å². The molecule has 0 aliphatic heterocycles. The molecule has 0 radical (unpaired) electrons. The van der Waals surface area contributed by atoms with E-state index < -0.39 is 5.91 Å². The van der Waals surface area contributed by atoms with Gasteiger partial charge < -0.3 is 9.47 Å². The second-order valence-corrected chi connectivity index (χ2v) is 2.96. The molecule has 5 heteroatoms. The molecule has 0 fully saturated rings. The summed E-state index contributed by atoms with van der Waals surface area (Å²) >= 11 is 0. The van der Waals surface area contributed by atoms with Crippen molar-refractivity contribution in [2.24, 2.45) is 4.99 Å². The number of isocyanates is 1. The Hall–Kier alpha value is -2.13. The summed E-state index contributed by atoms with van der Waals surface area (Å²) < 4.78 is 10.1. The highest BCUT2D eigenvalue weighted by molar-refractivity contribution is 5.83. The molecule has 0 saturated heterocycles. The van der Waals surface area contributed by atoms with Crippen LogP contribution in [0.4, 0.5) is 0 Å². The van der Waals surface area contributed by atoms with Gasteiger partial charge in [0.2, 0.25) is 6.08 Å². The molecular weight excluding hydrogens is 210 g/mol. The number of carbonyl (C=O) groups excluding carboxylic acids is 2. The molecule has 0 saturated carbocycles. The van der Waals surface area contributed by atoms with Gasteiger partial charge in [0.15, 0.2) is 11.5 Å². The molecule has 1 aromatic carbocycles. The van der Waals surface area contributed by atoms with Crippen LogP contribution in [0.5, 0.6) is 11.5 Å². The molecule has 0 N–H and O–H groups in total. The van der Waals surface area contributed by atoms with Crippen LogP contribution in [0, 0.1) is 0 Å². The Morgan fingerprint density at radius 2 is 2.00 bits per heavy atom. The largest absolute Gasteiger partial charge is 0.493 e. The van der Waals surface area contributed by atoms with Gasteiger partial charge in [-0.25, -0.2) is 4.79 Å². The number of ether oxygens (including phenoxy) is 2. The highest BCUT2D eigenvalue weighted by Gasteiger charge is 2.07. The van der Waals surface area contributed by atoms with Gasteiger partial charge in [0.05, 0.1) is 20.6 Å². The first-order valence-corrected chi connectivity index (χ1v) is 4.53. The first-order valence-electron chi connectivity index (χ1n) is 4.53. The van der Waals surface area contributed by atoms with E-state index in [0.29, 0.717) is 17.1 Å². The van der Waals surface area contributed by atoms with Gasteiger partial charge in [0.1, 0.15) is 0 Å². The number of methoxy groups -OCH3 is 2. The summed E-state index contributed by atoms with van der Waals surface area (Å²) in [5.41, 5.74) is 0.696. The second-order valence-electron chi connectivity index (χ2n) is 2.96. The molecule has 5 nitrogen and oxygen atoms in total. The van der Waals surface area contributed by atoms with Crippen LogP contribution in [-0.2, 0) is 16.0 Å². The Bertz CT molecular complexity index is 436. The summed E-state index contributed by atoms with van der Waals surface area (Å²) in [6, 6.07) is 5.06. The van der Waals surface area contributed by atoms with Gasteiger partial charge in [-0.3, -0.25) is 4.79 Å². The monoisotopic (exact) mass is 221 g/mol. The molecule has 1 aromatic rings. The van der Waals surface area contributed by atoms with Gasteiger partial charge in [0, 0.05) is 0 Å². The van der Waals surface area contributed by atoms with Crippen LogP contribution in [0.1, 0.15) is 5.56 Å². The molecular formula is C11H11NO4. The van der Waals surface area contributed by atoms with Crippen molar-refractivity contribution in [3.05, 3.63) is 23.8 Å². The van der Waals surface area contributed by atoms with E-state index in [4.69, 9.17) is 9.47 Å². The number of aliphatic imine (C=N–C) groups is 1. The van der Waals surface area contributed by atoms with Gasteiger partial charge in [-0.05, 0) is 17.7 Å². The highest BCUT2D eigenvalue weighted by Crippen LogP contribution is 2.27. The van der Waals surface area contributed by atoms with Crippen molar-refractivity contribution in [3.63, 3.8) is 0 Å². The molecule has 0 aromatic heterocycles. The van der Waals surface area contributed by atoms with Crippen LogP contribution < -0.4 is 9.47 Å². The normalized spacial score (nSPS) is 9.12. The van der Waals surface area contributed by atoms with E-state index in [9.17, 15) is 9.59 Å².